The van der Waals surface area contributed by atoms with Crippen LogP contribution in [-0.2, 0) is 42.5 Å². The van der Waals surface area contributed by atoms with E-state index in [0.717, 1.165) is 16.9 Å². The van der Waals surface area contributed by atoms with Gasteiger partial charge in [0.1, 0.15) is 60.3 Å². The van der Waals surface area contributed by atoms with E-state index in [4.69, 9.17) is 38.0 Å². The Morgan fingerprint density at radius 1 is 1.09 bits per heavy atom. The quantitative estimate of drug-likeness (QED) is 0.112. The number of benzene rings is 2. The molecule has 2 bridgehead atoms. The van der Waals surface area contributed by atoms with E-state index in [1.807, 2.05) is 19.1 Å². The number of phosphoric ester groups is 1. The third-order valence-corrected chi connectivity index (χ3v) is 17.0. The molecule has 2 saturated carbocycles. The molecule has 4 aromatic rings. The van der Waals surface area contributed by atoms with Crippen LogP contribution in [0.15, 0.2) is 74.6 Å². The van der Waals surface area contributed by atoms with E-state index in [9.17, 15) is 24.2 Å². The molecule has 13 atom stereocenters. The largest absolute Gasteiger partial charge is 0.472 e. The number of hydrogen-bond donors (Lipinski definition) is 4. The van der Waals surface area contributed by atoms with Crippen molar-refractivity contribution in [3.05, 3.63) is 87.7 Å². The average molecular weight is 940 g/mol. The van der Waals surface area contributed by atoms with Crippen molar-refractivity contribution in [2.75, 3.05) is 20.3 Å². The summed E-state index contributed by atoms with van der Waals surface area (Å²) in [5.41, 5.74) is 6.61. The number of aliphatic hydroxyl groups is 1. The minimum atomic E-state index is -5.01. The average Bonchev–Trinajstić information content (AvgIpc) is 3.55. The first-order valence-corrected chi connectivity index (χ1v) is 24.9. The van der Waals surface area contributed by atoms with Crippen molar-refractivity contribution in [2.24, 2.45) is 32.0 Å². The van der Waals surface area contributed by atoms with Crippen LogP contribution in [0.3, 0.4) is 0 Å². The Hall–Kier alpha value is -4.64. The minimum Gasteiger partial charge on any atom is -0.423 e. The van der Waals surface area contributed by atoms with Gasteiger partial charge in [0.25, 0.3) is 5.56 Å². The van der Waals surface area contributed by atoms with Gasteiger partial charge in [0, 0.05) is 18.3 Å². The number of aliphatic imine (C=N–C) groups is 3. The molecule has 4 unspecified atom stereocenters. The summed E-state index contributed by atoms with van der Waals surface area (Å²) in [7, 11) is -3.67. The maximum atomic E-state index is 15.3. The number of phosphoric acid groups is 1. The van der Waals surface area contributed by atoms with E-state index < -0.39 is 106 Å². The number of nitrogens with two attached hydrogens (primary N) is 1. The number of esters is 1. The van der Waals surface area contributed by atoms with Gasteiger partial charge in [-0.2, -0.15) is 0 Å². The molecule has 5 N–H and O–H groups in total. The lowest BCUT2D eigenvalue weighted by Gasteiger charge is -2.36. The number of rotatable bonds is 8. The van der Waals surface area contributed by atoms with Crippen LogP contribution in [-0.4, -0.2) is 128 Å². The number of nitrogens with one attached hydrogen (secondary N) is 1. The van der Waals surface area contributed by atoms with Gasteiger partial charge >= 0.3 is 20.6 Å². The Morgan fingerprint density at radius 2 is 1.88 bits per heavy atom. The van der Waals surface area contributed by atoms with Gasteiger partial charge in [-0.15, -0.1) is 0 Å². The molecule has 0 radical (unpaired) electrons. The topological polar surface area (TPSA) is 286 Å². The highest BCUT2D eigenvalue weighted by Gasteiger charge is 2.75. The number of aromatic nitrogens is 4. The molecule has 2 aliphatic carbocycles. The summed E-state index contributed by atoms with van der Waals surface area (Å²) in [6.07, 6.45) is -3.71. The molecule has 64 heavy (non-hydrogen) atoms. The van der Waals surface area contributed by atoms with Gasteiger partial charge in [-0.05, 0) is 67.4 Å². The zero-order chi connectivity index (χ0) is 44.7. The van der Waals surface area contributed by atoms with Gasteiger partial charge in [-0.3, -0.25) is 32.4 Å². The van der Waals surface area contributed by atoms with Gasteiger partial charge in [0.15, 0.2) is 23.6 Å². The summed E-state index contributed by atoms with van der Waals surface area (Å²) in [6, 6.07) is 12.3. The van der Waals surface area contributed by atoms with E-state index in [2.05, 4.69) is 29.9 Å². The number of amidine groups is 1. The summed E-state index contributed by atoms with van der Waals surface area (Å²) >= 11 is 0.846. The number of fused-ring (bicyclic) bond motifs is 4. The van der Waals surface area contributed by atoms with E-state index in [1.54, 1.807) is 48.2 Å². The van der Waals surface area contributed by atoms with Gasteiger partial charge < -0.3 is 39.8 Å². The van der Waals surface area contributed by atoms with Gasteiger partial charge in [-0.1, -0.05) is 29.8 Å². The molecule has 2 aromatic heterocycles. The Morgan fingerprint density at radius 3 is 2.64 bits per heavy atom. The number of aromatic amines is 1. The lowest BCUT2D eigenvalue weighted by molar-refractivity contribution is -0.0610. The monoisotopic (exact) mass is 939 g/mol. The molecular weight excluding hydrogens is 896 g/mol. The number of ether oxygens (including phenoxy) is 3. The molecule has 4 aliphatic heterocycles. The first-order chi connectivity index (χ1) is 30.7. The predicted octanol–water partition coefficient (Wildman–Crippen LogP) is 3.01. The SMILES string of the molecule is CO[C@H]1[C@H]2OP(=O)(O)OC[C@]34C[C@@H]3[C@@H](N3C=NC5C(N)=NC=NC53)[C@H](O)[C@@H]4OP(=O)(SCc3ccc(OC(=O)c4ccc(C)cc4)cc3)OC[C@H]1O[C@H]2n1cnc2c(=O)[nH]c(C)nc21. The standard InChI is InChI=1S/C39H43N9O13P2S/c1-19-4-8-22(9-5-19)38(51)58-23-10-6-21(7-11-23)14-64-63(54)56-13-25-30(55-3)31(37(59-25)48-18-44-27-35(48)45-20(2)46-36(27)50)60-62(52,53)57-15-39-12-24(39)28(29(49)32(39)61-63)47-17-43-26-33(40)41-16-42-34(26)47/h4-11,16-18,24-26,28-32,34,37,49H,12-15H2,1-3H3,(H,52,53)(H2,40,41,42)(H,45,46,50)/t24-,25-,26?,28-,29+,30-,31-,32+,34?,37-,39-,63?/m1/s1. The van der Waals surface area contributed by atoms with Crippen LogP contribution in [0.1, 0.15) is 40.0 Å². The molecular formula is C39H43N9O13P2S. The second kappa shape index (κ2) is 16.4. The fourth-order valence-corrected chi connectivity index (χ4v) is 13.6. The highest BCUT2D eigenvalue weighted by Crippen LogP contribution is 2.73. The number of H-pyrrole nitrogens is 1. The van der Waals surface area contributed by atoms with Crippen molar-refractivity contribution < 1.29 is 56.2 Å². The molecule has 1 spiro atoms. The van der Waals surface area contributed by atoms with Crippen LogP contribution in [0.5, 0.6) is 5.75 Å². The third kappa shape index (κ3) is 7.75. The number of carbonyl (C=O) groups is 1. The zero-order valence-corrected chi connectivity index (χ0v) is 37.0. The zero-order valence-electron chi connectivity index (χ0n) is 34.3. The molecule has 338 valence electrons. The van der Waals surface area contributed by atoms with Crippen molar-refractivity contribution >= 4 is 61.6 Å². The van der Waals surface area contributed by atoms with Crippen LogP contribution in [0, 0.1) is 25.2 Å². The van der Waals surface area contributed by atoms with Crippen molar-refractivity contribution in [3.63, 3.8) is 0 Å². The van der Waals surface area contributed by atoms with Crippen LogP contribution in [0.25, 0.3) is 11.2 Å². The normalized spacial score (nSPS) is 36.6. The van der Waals surface area contributed by atoms with Gasteiger partial charge in [-0.25, -0.2) is 33.9 Å². The summed E-state index contributed by atoms with van der Waals surface area (Å²) < 4.78 is 73.0. The molecule has 25 heteroatoms. The van der Waals surface area contributed by atoms with Crippen molar-refractivity contribution in [1.29, 1.82) is 0 Å². The number of methoxy groups -OCH3 is 1. The fourth-order valence-electron chi connectivity index (χ4n) is 9.17. The maximum absolute atomic E-state index is 15.3. The second-order valence-corrected chi connectivity index (χ2v) is 21.8. The highest BCUT2D eigenvalue weighted by atomic mass is 32.7. The van der Waals surface area contributed by atoms with E-state index in [-0.39, 0.29) is 28.6 Å². The Labute approximate surface area is 368 Å². The fraction of sp³-hybridized carbons (Fsp3) is 0.462. The molecule has 4 fully saturated rings. The number of carbonyl (C=O) groups excluding carboxylic acids is 1. The number of nitrogens with zero attached hydrogens (tertiary/aromatic N) is 7. The second-order valence-electron chi connectivity index (χ2n) is 16.4. The Kier molecular flexibility index (Phi) is 11.1. The summed E-state index contributed by atoms with van der Waals surface area (Å²) in [4.78, 5) is 63.0. The maximum Gasteiger partial charge on any atom is 0.472 e. The van der Waals surface area contributed by atoms with E-state index >= 15 is 4.57 Å². The third-order valence-electron chi connectivity index (χ3n) is 12.4. The van der Waals surface area contributed by atoms with Crippen LogP contribution in [0.2, 0.25) is 0 Å². The first-order valence-electron chi connectivity index (χ1n) is 20.2. The lowest BCUT2D eigenvalue weighted by Crippen LogP contribution is -2.52. The summed E-state index contributed by atoms with van der Waals surface area (Å²) in [5, 5.41) is 12.2. The minimum absolute atomic E-state index is 0.0197. The molecule has 6 heterocycles. The molecule has 2 aromatic carbocycles. The highest BCUT2D eigenvalue weighted by molar-refractivity contribution is 8.54. The number of hydrogen-bond acceptors (Lipinski definition) is 20. The first kappa shape index (κ1) is 43.3. The van der Waals surface area contributed by atoms with Crippen LogP contribution in [0.4, 0.5) is 0 Å². The summed E-state index contributed by atoms with van der Waals surface area (Å²) in [5.74, 6) is -0.0786. The van der Waals surface area contributed by atoms with Crippen molar-refractivity contribution in [1.82, 2.24) is 24.4 Å². The smallest absolute Gasteiger partial charge is 0.423 e. The molecule has 10 rings (SSSR count). The molecule has 2 saturated heterocycles. The van der Waals surface area contributed by atoms with Crippen molar-refractivity contribution in [2.45, 2.75) is 81.0 Å². The Balaban J connectivity index is 0.964. The molecule has 0 amide bonds. The van der Waals surface area contributed by atoms with Crippen molar-refractivity contribution in [3.8, 4) is 5.75 Å². The van der Waals surface area contributed by atoms with Crippen LogP contribution < -0.4 is 16.0 Å². The van der Waals surface area contributed by atoms with E-state index in [1.165, 1.54) is 30.7 Å². The number of aliphatic hydroxyl groups excluding tert-OH is 1. The van der Waals surface area contributed by atoms with E-state index in [0.29, 0.717) is 23.3 Å². The van der Waals surface area contributed by atoms with Gasteiger partial charge in [0.2, 0.25) is 0 Å². The van der Waals surface area contributed by atoms with Gasteiger partial charge in [0.05, 0.1) is 37.5 Å². The Bertz CT molecular complexity index is 2740. The molecule has 6 aliphatic rings. The van der Waals surface area contributed by atoms with Crippen LogP contribution >= 0.6 is 26.0 Å². The summed E-state index contributed by atoms with van der Waals surface area (Å²) in [6.45, 7) is -1.79. The molecule has 22 nitrogen and oxygen atoms in total. The number of aryl methyl sites for hydroxylation is 2. The number of imidazole rings is 1. The predicted molar refractivity (Wildman–Crippen MR) is 229 cm³/mol. The lowest BCUT2D eigenvalue weighted by atomic mass is 10.00.